The third kappa shape index (κ3) is 3.46. The first-order valence-electron chi connectivity index (χ1n) is 6.10. The van der Waals surface area contributed by atoms with Crippen LogP contribution in [0.5, 0.6) is 0 Å². The maximum Gasteiger partial charge on any atom is 0.242 e. The SMILES string of the molecule is CC1(NS(=O)(=O)c2cc(Cl)cc(N)c2Br)CCCOC1. The average molecular weight is 384 g/mol. The molecule has 1 unspecified atom stereocenters. The van der Waals surface area contributed by atoms with Crippen molar-refractivity contribution < 1.29 is 13.2 Å². The molecule has 20 heavy (non-hydrogen) atoms. The van der Waals surface area contributed by atoms with Crippen LogP contribution in [0, 0.1) is 0 Å². The smallest absolute Gasteiger partial charge is 0.242 e. The van der Waals surface area contributed by atoms with Gasteiger partial charge in [0.05, 0.1) is 21.5 Å². The molecule has 3 N–H and O–H groups in total. The van der Waals surface area contributed by atoms with E-state index in [2.05, 4.69) is 20.7 Å². The van der Waals surface area contributed by atoms with Crippen molar-refractivity contribution in [3.63, 3.8) is 0 Å². The Morgan fingerprint density at radius 1 is 1.50 bits per heavy atom. The summed E-state index contributed by atoms with van der Waals surface area (Å²) in [7, 11) is -3.74. The van der Waals surface area contributed by atoms with Gasteiger partial charge in [0.2, 0.25) is 10.0 Å². The number of nitrogens with one attached hydrogen (secondary N) is 1. The number of halogens is 2. The van der Waals surface area contributed by atoms with Crippen molar-refractivity contribution in [1.82, 2.24) is 4.72 Å². The van der Waals surface area contributed by atoms with Gasteiger partial charge in [-0.05, 0) is 47.8 Å². The Kier molecular flexibility index (Phi) is 4.66. The van der Waals surface area contributed by atoms with Gasteiger partial charge in [-0.15, -0.1) is 0 Å². The highest BCUT2D eigenvalue weighted by atomic mass is 79.9. The van der Waals surface area contributed by atoms with E-state index in [1.54, 1.807) is 0 Å². The van der Waals surface area contributed by atoms with E-state index < -0.39 is 15.6 Å². The highest BCUT2D eigenvalue weighted by molar-refractivity contribution is 9.10. The molecule has 1 heterocycles. The molecule has 112 valence electrons. The number of rotatable bonds is 3. The molecule has 5 nitrogen and oxygen atoms in total. The van der Waals surface area contributed by atoms with Gasteiger partial charge in [-0.2, -0.15) is 0 Å². The van der Waals surface area contributed by atoms with E-state index in [-0.39, 0.29) is 15.6 Å². The summed E-state index contributed by atoms with van der Waals surface area (Å²) in [6.45, 7) is 2.83. The van der Waals surface area contributed by atoms with Crippen molar-refractivity contribution in [1.29, 1.82) is 0 Å². The standard InChI is InChI=1S/C12H16BrClN2O3S/c1-12(3-2-4-19-7-12)16-20(17,18)10-6-8(14)5-9(15)11(10)13/h5-6,16H,2-4,7,15H2,1H3. The van der Waals surface area contributed by atoms with Gasteiger partial charge in [0.25, 0.3) is 0 Å². The third-order valence-electron chi connectivity index (χ3n) is 3.14. The first-order chi connectivity index (χ1) is 9.23. The van der Waals surface area contributed by atoms with Crippen LogP contribution >= 0.6 is 27.5 Å². The minimum Gasteiger partial charge on any atom is -0.398 e. The number of hydrogen-bond donors (Lipinski definition) is 2. The summed E-state index contributed by atoms with van der Waals surface area (Å²) < 4.78 is 33.4. The summed E-state index contributed by atoms with van der Waals surface area (Å²) >= 11 is 9.09. The van der Waals surface area contributed by atoms with Crippen molar-refractivity contribution in [2.45, 2.75) is 30.2 Å². The summed E-state index contributed by atoms with van der Waals surface area (Å²) in [5.41, 5.74) is 5.40. The molecule has 1 fully saturated rings. The van der Waals surface area contributed by atoms with Gasteiger partial charge in [-0.1, -0.05) is 11.6 Å². The molecule has 0 spiro atoms. The van der Waals surface area contributed by atoms with Gasteiger partial charge in [0, 0.05) is 17.3 Å². The molecule has 1 aliphatic rings. The second kappa shape index (κ2) is 5.81. The van der Waals surface area contributed by atoms with E-state index in [9.17, 15) is 8.42 Å². The molecule has 1 aromatic carbocycles. The lowest BCUT2D eigenvalue weighted by atomic mass is 9.97. The lowest BCUT2D eigenvalue weighted by molar-refractivity contribution is 0.0386. The van der Waals surface area contributed by atoms with Crippen LogP contribution in [-0.4, -0.2) is 27.2 Å². The van der Waals surface area contributed by atoms with E-state index >= 15 is 0 Å². The second-order valence-electron chi connectivity index (χ2n) is 5.13. The normalized spacial score (nSPS) is 23.8. The number of ether oxygens (including phenoxy) is 1. The fourth-order valence-electron chi connectivity index (χ4n) is 2.17. The van der Waals surface area contributed by atoms with Crippen LogP contribution in [0.2, 0.25) is 5.02 Å². The zero-order chi connectivity index (χ0) is 15.0. The number of sulfonamides is 1. The van der Waals surface area contributed by atoms with Crippen LogP contribution in [0.1, 0.15) is 19.8 Å². The largest absolute Gasteiger partial charge is 0.398 e. The molecule has 1 aliphatic heterocycles. The molecule has 0 saturated carbocycles. The Bertz CT molecular complexity index is 615. The molecule has 1 aromatic rings. The summed E-state index contributed by atoms with van der Waals surface area (Å²) in [5, 5.41) is 0.274. The lowest BCUT2D eigenvalue weighted by Crippen LogP contribution is -2.51. The van der Waals surface area contributed by atoms with E-state index in [4.69, 9.17) is 22.1 Å². The van der Waals surface area contributed by atoms with Crippen molar-refractivity contribution in [3.8, 4) is 0 Å². The minimum atomic E-state index is -3.74. The maximum atomic E-state index is 12.5. The van der Waals surface area contributed by atoms with Crippen molar-refractivity contribution in [2.24, 2.45) is 0 Å². The van der Waals surface area contributed by atoms with Gasteiger partial charge >= 0.3 is 0 Å². The fraction of sp³-hybridized carbons (Fsp3) is 0.500. The Labute approximate surface area is 132 Å². The van der Waals surface area contributed by atoms with Crippen LogP contribution in [0.4, 0.5) is 5.69 Å². The molecule has 0 amide bonds. The molecule has 8 heteroatoms. The van der Waals surface area contributed by atoms with Crippen molar-refractivity contribution in [3.05, 3.63) is 21.6 Å². The average Bonchev–Trinajstić information content (AvgIpc) is 2.33. The molecule has 2 rings (SSSR count). The van der Waals surface area contributed by atoms with Gasteiger partial charge in [-0.3, -0.25) is 0 Å². The zero-order valence-electron chi connectivity index (χ0n) is 10.9. The summed E-state index contributed by atoms with van der Waals surface area (Å²) in [6, 6.07) is 2.87. The predicted octanol–water partition coefficient (Wildman–Crippen LogP) is 2.53. The van der Waals surface area contributed by atoms with Crippen LogP contribution in [0.25, 0.3) is 0 Å². The van der Waals surface area contributed by atoms with E-state index in [0.717, 1.165) is 12.8 Å². The van der Waals surface area contributed by atoms with Crippen molar-refractivity contribution in [2.75, 3.05) is 18.9 Å². The van der Waals surface area contributed by atoms with Gasteiger partial charge in [-0.25, -0.2) is 13.1 Å². The quantitative estimate of drug-likeness (QED) is 0.786. The highest BCUT2D eigenvalue weighted by Gasteiger charge is 2.34. The molecule has 0 aromatic heterocycles. The van der Waals surface area contributed by atoms with Crippen LogP contribution in [-0.2, 0) is 14.8 Å². The summed E-state index contributed by atoms with van der Waals surface area (Å²) in [6.07, 6.45) is 1.54. The van der Waals surface area contributed by atoms with Crippen LogP contribution in [0.3, 0.4) is 0 Å². The molecular weight excluding hydrogens is 368 g/mol. The summed E-state index contributed by atoms with van der Waals surface area (Å²) in [4.78, 5) is 0.0364. The van der Waals surface area contributed by atoms with Crippen molar-refractivity contribution >= 4 is 43.2 Å². The Hall–Kier alpha value is -0.340. The molecule has 1 atom stereocenters. The Morgan fingerprint density at radius 3 is 2.80 bits per heavy atom. The van der Waals surface area contributed by atoms with E-state index in [1.807, 2.05) is 6.92 Å². The van der Waals surface area contributed by atoms with Gasteiger partial charge in [0.1, 0.15) is 0 Å². The number of nitrogen functional groups attached to an aromatic ring is 1. The number of nitrogens with two attached hydrogens (primary N) is 1. The number of benzene rings is 1. The van der Waals surface area contributed by atoms with Crippen LogP contribution < -0.4 is 10.5 Å². The Balaban J connectivity index is 2.36. The lowest BCUT2D eigenvalue weighted by Gasteiger charge is -2.34. The van der Waals surface area contributed by atoms with Gasteiger partial charge < -0.3 is 10.5 Å². The molecule has 0 radical (unpaired) electrons. The zero-order valence-corrected chi connectivity index (χ0v) is 14.1. The number of hydrogen-bond acceptors (Lipinski definition) is 4. The third-order valence-corrected chi connectivity index (χ3v) is 6.17. The molecule has 1 saturated heterocycles. The van der Waals surface area contributed by atoms with Crippen LogP contribution in [0.15, 0.2) is 21.5 Å². The molecule has 0 aliphatic carbocycles. The minimum absolute atomic E-state index is 0.0364. The topological polar surface area (TPSA) is 81.4 Å². The maximum absolute atomic E-state index is 12.5. The Morgan fingerprint density at radius 2 is 2.20 bits per heavy atom. The highest BCUT2D eigenvalue weighted by Crippen LogP contribution is 2.32. The van der Waals surface area contributed by atoms with Gasteiger partial charge in [0.15, 0.2) is 0 Å². The second-order valence-corrected chi connectivity index (χ2v) is 8.01. The molecule has 0 bridgehead atoms. The first kappa shape index (κ1) is 16.0. The number of anilines is 1. The monoisotopic (exact) mass is 382 g/mol. The van der Waals surface area contributed by atoms with E-state index in [0.29, 0.717) is 17.7 Å². The summed E-state index contributed by atoms with van der Waals surface area (Å²) in [5.74, 6) is 0. The molecular formula is C12H16BrClN2O3S. The first-order valence-corrected chi connectivity index (χ1v) is 8.75. The fourth-order valence-corrected chi connectivity index (χ4v) is 4.89. The predicted molar refractivity (Wildman–Crippen MR) is 82.3 cm³/mol. The van der Waals surface area contributed by atoms with E-state index in [1.165, 1.54) is 12.1 Å².